The molecule has 2 aliphatic heterocycles. The molecule has 2 heterocycles. The van der Waals surface area contributed by atoms with E-state index in [1.165, 1.54) is 12.8 Å². The largest absolute Gasteiger partial charge is 0.316 e. The maximum atomic E-state index is 13.2. The van der Waals surface area contributed by atoms with E-state index < -0.39 is 0 Å². The second-order valence-electron chi connectivity index (χ2n) is 6.76. The average Bonchev–Trinajstić information content (AvgIpc) is 3.29. The van der Waals surface area contributed by atoms with Crippen molar-refractivity contribution >= 4 is 11.6 Å². The van der Waals surface area contributed by atoms with E-state index in [0.29, 0.717) is 17.9 Å². The summed E-state index contributed by atoms with van der Waals surface area (Å²) in [6.45, 7) is 2.79. The van der Waals surface area contributed by atoms with Gasteiger partial charge in [-0.1, -0.05) is 18.2 Å². The quantitative estimate of drug-likeness (QED) is 0.773. The number of nitrogens with one attached hydrogen (secondary N) is 3. The Kier molecular flexibility index (Phi) is 3.86. The molecule has 3 aliphatic rings. The fourth-order valence-corrected chi connectivity index (χ4v) is 3.62. The molecule has 4 rings (SSSR count). The minimum Gasteiger partial charge on any atom is -0.316 e. The number of carbonyl (C=O) groups excluding carboxylic acids is 1. The van der Waals surface area contributed by atoms with E-state index in [0.717, 1.165) is 31.7 Å². The van der Waals surface area contributed by atoms with Crippen molar-refractivity contribution in [3.63, 3.8) is 0 Å². The van der Waals surface area contributed by atoms with Gasteiger partial charge in [0.1, 0.15) is 6.04 Å². The number of hydrazine groups is 1. The molecular weight excluding hydrogens is 276 g/mol. The zero-order valence-electron chi connectivity index (χ0n) is 12.8. The summed E-state index contributed by atoms with van der Waals surface area (Å²) in [5.41, 5.74) is 7.61. The van der Waals surface area contributed by atoms with Gasteiger partial charge in [0.25, 0.3) is 0 Å². The number of nitrogens with zero attached hydrogens (tertiary/aromatic N) is 1. The van der Waals surface area contributed by atoms with Gasteiger partial charge in [0, 0.05) is 30.7 Å². The third-order valence-corrected chi connectivity index (χ3v) is 5.12. The van der Waals surface area contributed by atoms with Crippen LogP contribution in [0.1, 0.15) is 19.3 Å². The molecule has 1 amide bonds. The molecule has 1 aliphatic carbocycles. The predicted octanol–water partition coefficient (Wildman–Crippen LogP) is 0.884. The first-order valence-corrected chi connectivity index (χ1v) is 8.41. The van der Waals surface area contributed by atoms with Crippen LogP contribution in [0.4, 0.5) is 5.69 Å². The minimum atomic E-state index is -0.128. The van der Waals surface area contributed by atoms with E-state index in [1.807, 2.05) is 35.2 Å². The van der Waals surface area contributed by atoms with Gasteiger partial charge < -0.3 is 10.2 Å². The van der Waals surface area contributed by atoms with Crippen LogP contribution in [-0.2, 0) is 4.79 Å². The number of carbonyl (C=O) groups is 1. The second kappa shape index (κ2) is 5.99. The molecule has 118 valence electrons. The van der Waals surface area contributed by atoms with Crippen molar-refractivity contribution in [2.75, 3.05) is 24.5 Å². The van der Waals surface area contributed by atoms with Crippen LogP contribution in [0.15, 0.2) is 30.3 Å². The first-order chi connectivity index (χ1) is 10.8. The smallest absolute Gasteiger partial charge is 0.245 e. The van der Waals surface area contributed by atoms with Crippen LogP contribution < -0.4 is 21.1 Å². The number of amides is 1. The molecule has 3 fully saturated rings. The third kappa shape index (κ3) is 2.76. The molecular formula is C17H24N4O. The Morgan fingerprint density at radius 1 is 1.14 bits per heavy atom. The highest BCUT2D eigenvalue weighted by atomic mass is 16.2. The van der Waals surface area contributed by atoms with Crippen molar-refractivity contribution in [2.45, 2.75) is 31.3 Å². The van der Waals surface area contributed by atoms with Crippen LogP contribution in [0.3, 0.4) is 0 Å². The van der Waals surface area contributed by atoms with E-state index in [4.69, 9.17) is 0 Å². The molecule has 1 aromatic rings. The molecule has 3 N–H and O–H groups in total. The van der Waals surface area contributed by atoms with Crippen molar-refractivity contribution in [3.05, 3.63) is 30.3 Å². The van der Waals surface area contributed by atoms with Gasteiger partial charge in [-0.25, -0.2) is 5.43 Å². The molecule has 5 heteroatoms. The molecule has 0 aromatic heterocycles. The lowest BCUT2D eigenvalue weighted by molar-refractivity contribution is -0.121. The number of piperidine rings is 1. The number of benzene rings is 1. The molecule has 0 bridgehead atoms. The first-order valence-electron chi connectivity index (χ1n) is 8.41. The standard InChI is InChI=1S/C17H24N4O/c22-17(16-14-10-18-9-8-15(14)19-20-16)21(11-12-6-7-12)13-4-2-1-3-5-13/h1-5,12,14-16,18-20H,6-11H2. The zero-order valence-corrected chi connectivity index (χ0v) is 12.8. The van der Waals surface area contributed by atoms with Gasteiger partial charge in [-0.2, -0.15) is 0 Å². The van der Waals surface area contributed by atoms with Crippen molar-refractivity contribution in [1.29, 1.82) is 0 Å². The number of rotatable bonds is 4. The molecule has 3 unspecified atom stereocenters. The summed E-state index contributed by atoms with van der Waals surface area (Å²) in [7, 11) is 0. The van der Waals surface area contributed by atoms with Crippen molar-refractivity contribution in [2.24, 2.45) is 11.8 Å². The van der Waals surface area contributed by atoms with Gasteiger partial charge in [-0.3, -0.25) is 10.2 Å². The number of hydrogen-bond acceptors (Lipinski definition) is 4. The van der Waals surface area contributed by atoms with Crippen molar-refractivity contribution in [3.8, 4) is 0 Å². The topological polar surface area (TPSA) is 56.4 Å². The maximum absolute atomic E-state index is 13.2. The van der Waals surface area contributed by atoms with Crippen LogP contribution in [0.2, 0.25) is 0 Å². The van der Waals surface area contributed by atoms with E-state index in [2.05, 4.69) is 16.2 Å². The van der Waals surface area contributed by atoms with Crippen LogP contribution >= 0.6 is 0 Å². The summed E-state index contributed by atoms with van der Waals surface area (Å²) in [5, 5.41) is 3.42. The molecule has 1 saturated carbocycles. The van der Waals surface area contributed by atoms with Crippen molar-refractivity contribution in [1.82, 2.24) is 16.2 Å². The van der Waals surface area contributed by atoms with E-state index >= 15 is 0 Å². The van der Waals surface area contributed by atoms with E-state index in [9.17, 15) is 4.79 Å². The highest BCUT2D eigenvalue weighted by Gasteiger charge is 2.43. The molecule has 22 heavy (non-hydrogen) atoms. The van der Waals surface area contributed by atoms with Gasteiger partial charge in [0.05, 0.1) is 0 Å². The Bertz CT molecular complexity index is 531. The summed E-state index contributed by atoms with van der Waals surface area (Å²) in [6.07, 6.45) is 3.58. The molecule has 0 radical (unpaired) electrons. The number of hydrogen-bond donors (Lipinski definition) is 3. The minimum absolute atomic E-state index is 0.128. The lowest BCUT2D eigenvalue weighted by Gasteiger charge is -2.31. The highest BCUT2D eigenvalue weighted by molar-refractivity contribution is 5.97. The normalized spacial score (nSPS) is 30.8. The van der Waals surface area contributed by atoms with Crippen LogP contribution in [0.25, 0.3) is 0 Å². The fourth-order valence-electron chi connectivity index (χ4n) is 3.62. The molecule has 3 atom stereocenters. The fraction of sp³-hybridized carbons (Fsp3) is 0.588. The van der Waals surface area contributed by atoms with Crippen molar-refractivity contribution < 1.29 is 4.79 Å². The number of para-hydroxylation sites is 1. The maximum Gasteiger partial charge on any atom is 0.245 e. The predicted molar refractivity (Wildman–Crippen MR) is 86.3 cm³/mol. The second-order valence-corrected chi connectivity index (χ2v) is 6.76. The van der Waals surface area contributed by atoms with Gasteiger partial charge in [-0.05, 0) is 43.9 Å². The summed E-state index contributed by atoms with van der Waals surface area (Å²) in [6, 6.07) is 10.4. The lowest BCUT2D eigenvalue weighted by Crippen LogP contribution is -2.51. The lowest BCUT2D eigenvalue weighted by atomic mass is 9.88. The van der Waals surface area contributed by atoms with Gasteiger partial charge in [-0.15, -0.1) is 0 Å². The Morgan fingerprint density at radius 2 is 1.95 bits per heavy atom. The summed E-state index contributed by atoms with van der Waals surface area (Å²) in [5.74, 6) is 1.23. The number of anilines is 1. The Labute approximate surface area is 131 Å². The van der Waals surface area contributed by atoms with Gasteiger partial charge in [0.2, 0.25) is 5.91 Å². The van der Waals surface area contributed by atoms with Crippen LogP contribution in [0.5, 0.6) is 0 Å². The van der Waals surface area contributed by atoms with Gasteiger partial charge >= 0.3 is 0 Å². The van der Waals surface area contributed by atoms with Crippen LogP contribution in [0, 0.1) is 11.8 Å². The summed E-state index contributed by atoms with van der Waals surface area (Å²) < 4.78 is 0. The van der Waals surface area contributed by atoms with E-state index in [1.54, 1.807) is 0 Å². The Balaban J connectivity index is 1.54. The SMILES string of the molecule is O=C(C1NNC2CCNCC21)N(CC1CC1)c1ccccc1. The average molecular weight is 300 g/mol. The summed E-state index contributed by atoms with van der Waals surface area (Å²) >= 11 is 0. The van der Waals surface area contributed by atoms with Gasteiger partial charge in [0.15, 0.2) is 0 Å². The Hall–Kier alpha value is -1.43. The third-order valence-electron chi connectivity index (χ3n) is 5.12. The summed E-state index contributed by atoms with van der Waals surface area (Å²) in [4.78, 5) is 15.2. The van der Waals surface area contributed by atoms with E-state index in [-0.39, 0.29) is 11.9 Å². The number of fused-ring (bicyclic) bond motifs is 1. The Morgan fingerprint density at radius 3 is 2.73 bits per heavy atom. The molecule has 1 aromatic carbocycles. The first kappa shape index (κ1) is 14.2. The van der Waals surface area contributed by atoms with Crippen LogP contribution in [-0.4, -0.2) is 37.6 Å². The highest BCUT2D eigenvalue weighted by Crippen LogP contribution is 2.32. The molecule has 5 nitrogen and oxygen atoms in total. The molecule has 2 saturated heterocycles. The zero-order chi connectivity index (χ0) is 14.9. The molecule has 0 spiro atoms. The monoisotopic (exact) mass is 300 g/mol.